The second kappa shape index (κ2) is 10.2. The maximum absolute atomic E-state index is 12.7. The largest absolute Gasteiger partial charge is 0.480 e. The third-order valence-electron chi connectivity index (χ3n) is 6.76. The number of amides is 1. The average molecular weight is 499 g/mol. The van der Waals surface area contributed by atoms with Crippen molar-refractivity contribution in [1.82, 2.24) is 9.88 Å². The van der Waals surface area contributed by atoms with Gasteiger partial charge in [0, 0.05) is 29.4 Å². The van der Waals surface area contributed by atoms with E-state index in [1.165, 1.54) is 7.11 Å². The molecule has 0 aliphatic heterocycles. The number of carbonyl (C=O) groups excluding carboxylic acids is 2. The van der Waals surface area contributed by atoms with E-state index in [2.05, 4.69) is 5.32 Å². The first kappa shape index (κ1) is 24.1. The monoisotopic (exact) mass is 498 g/mol. The molecule has 1 heterocycles. The number of hydrogen-bond donors (Lipinski definition) is 2. The van der Waals surface area contributed by atoms with Crippen LogP contribution in [0.1, 0.15) is 22.6 Å². The summed E-state index contributed by atoms with van der Waals surface area (Å²) >= 11 is 0. The summed E-state index contributed by atoms with van der Waals surface area (Å²) in [7, 11) is 1.31. The number of nitrogens with one attached hydrogen (secondary N) is 1. The molecule has 1 amide bonds. The summed E-state index contributed by atoms with van der Waals surface area (Å²) < 4.78 is 12.0. The normalized spacial score (nSPS) is 13.0. The van der Waals surface area contributed by atoms with Gasteiger partial charge in [0.1, 0.15) is 19.2 Å². The highest BCUT2D eigenvalue weighted by Crippen LogP contribution is 2.44. The first-order valence-corrected chi connectivity index (χ1v) is 11.9. The number of ether oxygens (including phenoxy) is 2. The van der Waals surface area contributed by atoms with Crippen LogP contribution in [0, 0.1) is 0 Å². The van der Waals surface area contributed by atoms with E-state index in [9.17, 15) is 19.5 Å². The summed E-state index contributed by atoms with van der Waals surface area (Å²) in [6.45, 7) is 0.0825. The fourth-order valence-electron chi connectivity index (χ4n) is 5.02. The predicted molar refractivity (Wildman–Crippen MR) is 137 cm³/mol. The van der Waals surface area contributed by atoms with E-state index in [0.29, 0.717) is 5.56 Å². The number of rotatable bonds is 8. The van der Waals surface area contributed by atoms with Crippen molar-refractivity contribution in [2.75, 3.05) is 13.7 Å². The van der Waals surface area contributed by atoms with Crippen LogP contribution in [0.3, 0.4) is 0 Å². The summed E-state index contributed by atoms with van der Waals surface area (Å²) in [6, 6.07) is 22.1. The van der Waals surface area contributed by atoms with Gasteiger partial charge in [-0.2, -0.15) is 0 Å². The summed E-state index contributed by atoms with van der Waals surface area (Å²) in [4.78, 5) is 36.6. The minimum atomic E-state index is -1.21. The van der Waals surface area contributed by atoms with Crippen LogP contribution in [0.5, 0.6) is 0 Å². The predicted octanol–water partition coefficient (Wildman–Crippen LogP) is 4.35. The number of nitrogens with zero attached hydrogens (tertiary/aromatic N) is 1. The number of carbonyl (C=O) groups is 3. The Morgan fingerprint density at radius 3 is 2.22 bits per heavy atom. The molecule has 1 aliphatic rings. The number of aromatic nitrogens is 1. The number of esters is 1. The van der Waals surface area contributed by atoms with Crippen LogP contribution in [0.25, 0.3) is 22.0 Å². The molecular formula is C29H26N2O6. The Balaban J connectivity index is 1.30. The topological polar surface area (TPSA) is 107 Å². The number of aliphatic carboxylic acids is 1. The number of hydrogen-bond acceptors (Lipinski definition) is 5. The zero-order valence-electron chi connectivity index (χ0n) is 20.2. The fourth-order valence-corrected chi connectivity index (χ4v) is 5.02. The van der Waals surface area contributed by atoms with Crippen molar-refractivity contribution in [3.8, 4) is 11.1 Å². The van der Waals surface area contributed by atoms with Gasteiger partial charge in [0.15, 0.2) is 0 Å². The lowest BCUT2D eigenvalue weighted by atomic mass is 9.98. The number of para-hydroxylation sites is 1. The Kier molecular flexibility index (Phi) is 6.64. The lowest BCUT2D eigenvalue weighted by Crippen LogP contribution is -2.42. The maximum Gasteiger partial charge on any atom is 0.407 e. The molecule has 0 bridgehead atoms. The van der Waals surface area contributed by atoms with Gasteiger partial charge >= 0.3 is 18.0 Å². The Labute approximate surface area is 213 Å². The smallest absolute Gasteiger partial charge is 0.407 e. The summed E-state index contributed by atoms with van der Waals surface area (Å²) in [5, 5.41) is 13.1. The number of methoxy groups -OCH3 is 1. The third-order valence-corrected chi connectivity index (χ3v) is 6.76. The van der Waals surface area contributed by atoms with Gasteiger partial charge in [0.25, 0.3) is 0 Å². The molecule has 0 spiro atoms. The number of carboxylic acids is 1. The van der Waals surface area contributed by atoms with Gasteiger partial charge in [-0.1, -0.05) is 66.7 Å². The maximum atomic E-state index is 12.7. The van der Waals surface area contributed by atoms with Crippen LogP contribution < -0.4 is 5.32 Å². The van der Waals surface area contributed by atoms with E-state index in [0.717, 1.165) is 33.2 Å². The van der Waals surface area contributed by atoms with Crippen molar-refractivity contribution in [3.63, 3.8) is 0 Å². The highest BCUT2D eigenvalue weighted by Gasteiger charge is 2.30. The molecule has 4 aromatic rings. The Bertz CT molecular complexity index is 1450. The minimum absolute atomic E-state index is 0.00540. The van der Waals surface area contributed by atoms with Crippen molar-refractivity contribution in [3.05, 3.63) is 95.7 Å². The van der Waals surface area contributed by atoms with E-state index in [4.69, 9.17) is 9.47 Å². The lowest BCUT2D eigenvalue weighted by Gasteiger charge is -2.17. The molecule has 0 fully saturated rings. The fraction of sp³-hybridized carbons (Fsp3) is 0.207. The van der Waals surface area contributed by atoms with Crippen molar-refractivity contribution in [1.29, 1.82) is 0 Å². The van der Waals surface area contributed by atoms with E-state index < -0.39 is 24.1 Å². The van der Waals surface area contributed by atoms with Crippen molar-refractivity contribution >= 4 is 28.9 Å². The van der Waals surface area contributed by atoms with Crippen LogP contribution in [0.2, 0.25) is 0 Å². The molecular weight excluding hydrogens is 472 g/mol. The molecule has 37 heavy (non-hydrogen) atoms. The van der Waals surface area contributed by atoms with Gasteiger partial charge in [-0.15, -0.1) is 0 Å². The molecule has 0 radical (unpaired) electrons. The molecule has 1 unspecified atom stereocenters. The molecule has 2 N–H and O–H groups in total. The van der Waals surface area contributed by atoms with Crippen LogP contribution in [0.4, 0.5) is 4.79 Å². The number of fused-ring (bicyclic) bond motifs is 4. The van der Waals surface area contributed by atoms with Crippen LogP contribution in [-0.4, -0.2) is 47.5 Å². The van der Waals surface area contributed by atoms with Gasteiger partial charge in [0.2, 0.25) is 0 Å². The highest BCUT2D eigenvalue weighted by atomic mass is 16.5. The zero-order valence-corrected chi connectivity index (χ0v) is 20.2. The molecule has 0 saturated carbocycles. The summed E-state index contributed by atoms with van der Waals surface area (Å²) in [5.74, 6) is -1.73. The Morgan fingerprint density at radius 2 is 1.57 bits per heavy atom. The van der Waals surface area contributed by atoms with E-state index >= 15 is 0 Å². The summed E-state index contributed by atoms with van der Waals surface area (Å²) in [6.07, 6.45) is 0.943. The standard InChI is InChI=1S/C29H26N2O6/c1-36-27(32)16-31-15-18(19-8-6-7-13-26(19)31)14-25(28(33)34)30-29(35)37-17-24-22-11-4-2-9-20(22)21-10-3-5-12-23(21)24/h2-13,15,24-25H,14,16-17H2,1H3,(H,30,35)(H,33,34). The second-order valence-corrected chi connectivity index (χ2v) is 8.94. The minimum Gasteiger partial charge on any atom is -0.480 e. The van der Waals surface area contributed by atoms with Gasteiger partial charge in [0.05, 0.1) is 7.11 Å². The number of alkyl carbamates (subject to hydrolysis) is 1. The quantitative estimate of drug-likeness (QED) is 0.350. The molecule has 1 aliphatic carbocycles. The SMILES string of the molecule is COC(=O)Cn1cc(CC(NC(=O)OCC2c3ccccc3-c3ccccc32)C(=O)O)c2ccccc21. The Morgan fingerprint density at radius 1 is 0.946 bits per heavy atom. The zero-order chi connectivity index (χ0) is 25.9. The lowest BCUT2D eigenvalue weighted by molar-refractivity contribution is -0.141. The van der Waals surface area contributed by atoms with Gasteiger partial charge in [-0.3, -0.25) is 4.79 Å². The van der Waals surface area contributed by atoms with E-state index in [1.807, 2.05) is 72.8 Å². The number of benzene rings is 3. The molecule has 1 aromatic heterocycles. The summed E-state index contributed by atoms with van der Waals surface area (Å²) in [5.41, 5.74) is 5.83. The first-order chi connectivity index (χ1) is 18.0. The third kappa shape index (κ3) is 4.78. The van der Waals surface area contributed by atoms with Crippen molar-refractivity contribution in [2.24, 2.45) is 0 Å². The molecule has 1 atom stereocenters. The second-order valence-electron chi connectivity index (χ2n) is 8.94. The van der Waals surface area contributed by atoms with Gasteiger partial charge in [-0.05, 0) is 33.9 Å². The first-order valence-electron chi connectivity index (χ1n) is 11.9. The Hall–Kier alpha value is -4.59. The highest BCUT2D eigenvalue weighted by molar-refractivity contribution is 5.87. The van der Waals surface area contributed by atoms with Gasteiger partial charge < -0.3 is 24.5 Å². The van der Waals surface area contributed by atoms with Crippen LogP contribution in [-0.2, 0) is 32.0 Å². The van der Waals surface area contributed by atoms with Crippen molar-refractivity contribution < 1.29 is 29.0 Å². The molecule has 3 aromatic carbocycles. The molecule has 188 valence electrons. The number of carboxylic acid groups (broad SMARTS) is 1. The van der Waals surface area contributed by atoms with Gasteiger partial charge in [-0.25, -0.2) is 9.59 Å². The van der Waals surface area contributed by atoms with Crippen molar-refractivity contribution in [2.45, 2.75) is 24.9 Å². The van der Waals surface area contributed by atoms with Crippen LogP contribution in [0.15, 0.2) is 79.0 Å². The van der Waals surface area contributed by atoms with E-state index in [1.54, 1.807) is 10.8 Å². The molecule has 8 nitrogen and oxygen atoms in total. The average Bonchev–Trinajstić information content (AvgIpc) is 3.42. The van der Waals surface area contributed by atoms with E-state index in [-0.39, 0.29) is 25.5 Å². The molecule has 5 rings (SSSR count). The van der Waals surface area contributed by atoms with Crippen LogP contribution >= 0.6 is 0 Å². The molecule has 8 heteroatoms. The molecule has 0 saturated heterocycles.